The lowest BCUT2D eigenvalue weighted by Gasteiger charge is -2.26. The summed E-state index contributed by atoms with van der Waals surface area (Å²) >= 11 is 0. The van der Waals surface area contributed by atoms with Crippen LogP contribution in [0.1, 0.15) is 50.2 Å². The van der Waals surface area contributed by atoms with Crippen LogP contribution in [0, 0.1) is 6.57 Å². The van der Waals surface area contributed by atoms with Crippen LogP contribution in [-0.4, -0.2) is 82.7 Å². The Hall–Kier alpha value is -5.00. The number of hydrogen-bond acceptors (Lipinski definition) is 8. The number of carbonyl (C=O) groups excluding carboxylic acids is 3. The molecule has 0 radical (unpaired) electrons. The normalized spacial score (nSPS) is 18.7. The molecule has 1 fully saturated rings. The van der Waals surface area contributed by atoms with Crippen molar-refractivity contribution in [1.82, 2.24) is 15.5 Å². The molecule has 3 aromatic carbocycles. The number of likely N-dealkylation sites (tertiary alicyclic amines) is 1. The molecule has 0 bridgehead atoms. The number of nitrogens with zero attached hydrogens (tertiary/aromatic N) is 2. The molecule has 0 spiro atoms. The van der Waals surface area contributed by atoms with E-state index in [2.05, 4.69) is 15.5 Å². The van der Waals surface area contributed by atoms with Crippen LogP contribution in [0.15, 0.2) is 60.7 Å². The molecule has 47 heavy (non-hydrogen) atoms. The van der Waals surface area contributed by atoms with Gasteiger partial charge in [0.1, 0.15) is 6.04 Å². The number of hydrogen-bond donors (Lipinski definition) is 5. The molecule has 13 nitrogen and oxygen atoms in total. The minimum absolute atomic E-state index is 0.0167. The third-order valence-corrected chi connectivity index (χ3v) is 8.64. The van der Waals surface area contributed by atoms with Gasteiger partial charge in [-0.3, -0.25) is 19.2 Å². The molecule has 3 atom stereocenters. The summed E-state index contributed by atoms with van der Waals surface area (Å²) in [5.41, 5.74) is 4.09. The smallest absolute Gasteiger partial charge is 0.481 e. The van der Waals surface area contributed by atoms with Crippen LogP contribution in [0.2, 0.25) is 0 Å². The Bertz CT molecular complexity index is 1780. The number of amides is 3. The Balaban J connectivity index is 1.23. The number of rotatable bonds is 9. The summed E-state index contributed by atoms with van der Waals surface area (Å²) < 4.78 is 10.5. The van der Waals surface area contributed by atoms with E-state index in [1.807, 2.05) is 0 Å². The van der Waals surface area contributed by atoms with Crippen LogP contribution in [0.3, 0.4) is 0 Å². The summed E-state index contributed by atoms with van der Waals surface area (Å²) in [7, 11) is -2.31. The lowest BCUT2D eigenvalue weighted by atomic mass is 9.78. The summed E-state index contributed by atoms with van der Waals surface area (Å²) in [4.78, 5) is 57.4. The van der Waals surface area contributed by atoms with E-state index in [1.54, 1.807) is 54.6 Å². The van der Waals surface area contributed by atoms with Crippen molar-refractivity contribution in [1.29, 1.82) is 0 Å². The van der Waals surface area contributed by atoms with Gasteiger partial charge in [-0.2, -0.15) is 0 Å². The predicted octanol–water partition coefficient (Wildman–Crippen LogP) is -0.112. The van der Waals surface area contributed by atoms with Crippen molar-refractivity contribution in [3.8, 4) is 0 Å². The first-order chi connectivity index (χ1) is 22.6. The quantitative estimate of drug-likeness (QED) is 0.158. The van der Waals surface area contributed by atoms with Crippen molar-refractivity contribution < 1.29 is 43.6 Å². The van der Waals surface area contributed by atoms with Crippen molar-refractivity contribution >= 4 is 54.5 Å². The SMILES string of the molecule is [C-]#[N+]c1ccc(C[C@H](CC(=O)O)NC(=O)[C@@H]2C[C@@H](NC(=O)c3ccc4c(c3)B(O)OC4)CN2C(=O)c2ccc3c(c2)B(O)OC3)cc1. The molecule has 5 N–H and O–H groups in total. The van der Waals surface area contributed by atoms with Gasteiger partial charge >= 0.3 is 20.2 Å². The van der Waals surface area contributed by atoms with E-state index in [9.17, 15) is 34.3 Å². The second-order valence-corrected chi connectivity index (χ2v) is 11.8. The second kappa shape index (κ2) is 13.4. The molecule has 0 saturated carbocycles. The van der Waals surface area contributed by atoms with Crippen molar-refractivity contribution in [2.45, 2.75) is 50.6 Å². The largest absolute Gasteiger partial charge is 0.491 e. The number of carbonyl (C=O) groups is 4. The molecule has 0 aromatic heterocycles. The molecule has 6 rings (SSSR count). The second-order valence-electron chi connectivity index (χ2n) is 11.8. The first kappa shape index (κ1) is 32.0. The fourth-order valence-corrected chi connectivity index (χ4v) is 6.23. The molecule has 15 heteroatoms. The zero-order valence-electron chi connectivity index (χ0n) is 25.1. The molecular formula is C32H30B2N4O9. The Kier molecular flexibility index (Phi) is 9.10. The Morgan fingerprint density at radius 2 is 1.55 bits per heavy atom. The lowest BCUT2D eigenvalue weighted by Crippen LogP contribution is -2.50. The van der Waals surface area contributed by atoms with Crippen molar-refractivity contribution in [3.63, 3.8) is 0 Å². The summed E-state index contributed by atoms with van der Waals surface area (Å²) in [6, 6.07) is 13.7. The molecular weight excluding hydrogens is 606 g/mol. The summed E-state index contributed by atoms with van der Waals surface area (Å²) in [5, 5.41) is 35.5. The highest BCUT2D eigenvalue weighted by Gasteiger charge is 2.42. The van der Waals surface area contributed by atoms with Gasteiger partial charge in [0, 0.05) is 29.8 Å². The van der Waals surface area contributed by atoms with Crippen LogP contribution in [0.4, 0.5) is 5.69 Å². The van der Waals surface area contributed by atoms with Gasteiger partial charge in [0.2, 0.25) is 5.91 Å². The fraction of sp³-hybridized carbons (Fsp3) is 0.281. The highest BCUT2D eigenvalue weighted by Crippen LogP contribution is 2.24. The van der Waals surface area contributed by atoms with Gasteiger partial charge in [0.05, 0.1) is 26.2 Å². The molecule has 0 aliphatic carbocycles. The van der Waals surface area contributed by atoms with Gasteiger partial charge in [-0.1, -0.05) is 36.4 Å². The zero-order chi connectivity index (χ0) is 33.2. The molecule has 1 saturated heterocycles. The van der Waals surface area contributed by atoms with Crippen LogP contribution in [0.5, 0.6) is 0 Å². The third-order valence-electron chi connectivity index (χ3n) is 8.64. The Morgan fingerprint density at radius 1 is 0.936 bits per heavy atom. The van der Waals surface area contributed by atoms with E-state index in [1.165, 1.54) is 11.0 Å². The molecule has 0 unspecified atom stereocenters. The molecule has 238 valence electrons. The van der Waals surface area contributed by atoms with E-state index in [4.69, 9.17) is 15.9 Å². The van der Waals surface area contributed by atoms with Crippen LogP contribution in [0.25, 0.3) is 4.85 Å². The first-order valence-electron chi connectivity index (χ1n) is 15.0. The number of benzene rings is 3. The van der Waals surface area contributed by atoms with Crippen LogP contribution >= 0.6 is 0 Å². The van der Waals surface area contributed by atoms with Crippen molar-refractivity contribution in [3.05, 3.63) is 99.9 Å². The molecule has 3 aliphatic rings. The standard InChI is InChI=1S/C32H30B2N4O9/c1-35-23-8-2-18(3-9-23)10-24(14-29(39)40)36-31(42)28-13-25(37-30(41)19-4-6-21-16-46-33(44)26(21)11-19)15-38(28)32(43)20-5-7-22-17-47-34(45)27(22)12-20/h2-9,11-12,24-25,28,44-45H,10,13-17H2,(H,36,42)(H,37,41)(H,39,40)/t24-,25-,28+/m1/s1. The number of aliphatic carboxylic acids is 1. The third kappa shape index (κ3) is 6.91. The van der Waals surface area contributed by atoms with Gasteiger partial charge in [-0.25, -0.2) is 4.85 Å². The maximum atomic E-state index is 13.9. The van der Waals surface area contributed by atoms with E-state index in [0.29, 0.717) is 16.6 Å². The van der Waals surface area contributed by atoms with E-state index < -0.39 is 56.1 Å². The van der Waals surface area contributed by atoms with Crippen molar-refractivity contribution in [2.75, 3.05) is 6.54 Å². The number of fused-ring (bicyclic) bond motifs is 2. The highest BCUT2D eigenvalue weighted by molar-refractivity contribution is 6.62. The van der Waals surface area contributed by atoms with Gasteiger partial charge in [0.15, 0.2) is 5.69 Å². The number of carboxylic acid groups (broad SMARTS) is 1. The predicted molar refractivity (Wildman–Crippen MR) is 169 cm³/mol. The van der Waals surface area contributed by atoms with Crippen LogP contribution < -0.4 is 21.6 Å². The minimum Gasteiger partial charge on any atom is -0.481 e. The van der Waals surface area contributed by atoms with Crippen molar-refractivity contribution in [2.24, 2.45) is 0 Å². The van der Waals surface area contributed by atoms with Gasteiger partial charge in [-0.05, 0) is 64.7 Å². The molecule has 3 heterocycles. The monoisotopic (exact) mass is 636 g/mol. The lowest BCUT2D eigenvalue weighted by molar-refractivity contribution is -0.137. The van der Waals surface area contributed by atoms with E-state index in [0.717, 1.165) is 16.7 Å². The highest BCUT2D eigenvalue weighted by atomic mass is 16.5. The molecule has 3 aromatic rings. The maximum absolute atomic E-state index is 13.9. The average molecular weight is 636 g/mol. The number of nitrogens with one attached hydrogen (secondary N) is 2. The maximum Gasteiger partial charge on any atom is 0.491 e. The Labute approximate surface area is 270 Å². The van der Waals surface area contributed by atoms with Crippen LogP contribution in [-0.2, 0) is 38.5 Å². The topological polar surface area (TPSA) is 179 Å². The first-order valence-corrected chi connectivity index (χ1v) is 15.0. The summed E-state index contributed by atoms with van der Waals surface area (Å²) in [6.07, 6.45) is -0.155. The summed E-state index contributed by atoms with van der Waals surface area (Å²) in [6.45, 7) is 7.56. The zero-order valence-corrected chi connectivity index (χ0v) is 25.1. The number of carboxylic acids is 1. The van der Waals surface area contributed by atoms with E-state index >= 15 is 0 Å². The minimum atomic E-state index is -1.18. The van der Waals surface area contributed by atoms with Gasteiger partial charge in [-0.15, -0.1) is 0 Å². The average Bonchev–Trinajstić information content (AvgIpc) is 3.77. The van der Waals surface area contributed by atoms with E-state index in [-0.39, 0.29) is 50.1 Å². The van der Waals surface area contributed by atoms with Gasteiger partial charge in [0.25, 0.3) is 11.8 Å². The molecule has 3 aliphatic heterocycles. The fourth-order valence-electron chi connectivity index (χ4n) is 6.23. The summed E-state index contributed by atoms with van der Waals surface area (Å²) in [5.74, 6) is -2.68. The van der Waals surface area contributed by atoms with Gasteiger partial charge < -0.3 is 40.0 Å². The Morgan fingerprint density at radius 3 is 2.17 bits per heavy atom. The molecule has 3 amide bonds.